The zero-order chi connectivity index (χ0) is 17.4. The van der Waals surface area contributed by atoms with Crippen LogP contribution in [0.2, 0.25) is 0 Å². The molecular formula is C23H20O2. The van der Waals surface area contributed by atoms with Crippen LogP contribution in [0.25, 0.3) is 38.4 Å². The fourth-order valence-electron chi connectivity index (χ4n) is 3.48. The normalized spacial score (nSPS) is 12.3. The fraction of sp³-hybridized carbons (Fsp3) is 0.174. The van der Waals surface area contributed by atoms with Crippen molar-refractivity contribution in [3.05, 3.63) is 65.7 Å². The van der Waals surface area contributed by atoms with Crippen LogP contribution in [0, 0.1) is 0 Å². The number of rotatable bonds is 4. The minimum atomic E-state index is -0.244. The molecule has 0 aromatic heterocycles. The van der Waals surface area contributed by atoms with Crippen LogP contribution in [0.4, 0.5) is 0 Å². The zero-order valence-electron chi connectivity index (χ0n) is 14.5. The standard InChI is InChI=1S/C23H20O2/c1-3-11-25-23(24)15(2)12-16-13-19-9-7-17-5-4-6-18-8-10-20(14-16)22(19)21(17)18/h4-10,12-14H,3,11H2,1-2H3. The molecule has 0 aliphatic rings. The number of benzene rings is 4. The Hall–Kier alpha value is -2.87. The Bertz CT molecular complexity index is 1040. The predicted octanol–water partition coefficient (Wildman–Crippen LogP) is 5.94. The van der Waals surface area contributed by atoms with Crippen LogP contribution < -0.4 is 0 Å². The van der Waals surface area contributed by atoms with E-state index in [1.807, 2.05) is 19.9 Å². The fourth-order valence-corrected chi connectivity index (χ4v) is 3.48. The van der Waals surface area contributed by atoms with E-state index in [1.165, 1.54) is 32.3 Å². The second kappa shape index (κ2) is 6.21. The van der Waals surface area contributed by atoms with Crippen molar-refractivity contribution in [3.8, 4) is 0 Å². The van der Waals surface area contributed by atoms with E-state index in [-0.39, 0.29) is 5.97 Å². The number of hydrogen-bond acceptors (Lipinski definition) is 2. The molecule has 0 spiro atoms. The maximum absolute atomic E-state index is 12.0. The highest BCUT2D eigenvalue weighted by atomic mass is 16.5. The zero-order valence-corrected chi connectivity index (χ0v) is 14.5. The maximum atomic E-state index is 12.0. The molecule has 0 bridgehead atoms. The highest BCUT2D eigenvalue weighted by Gasteiger charge is 2.10. The van der Waals surface area contributed by atoms with Crippen molar-refractivity contribution in [1.29, 1.82) is 0 Å². The monoisotopic (exact) mass is 328 g/mol. The molecule has 0 aliphatic carbocycles. The van der Waals surface area contributed by atoms with Gasteiger partial charge in [0.25, 0.3) is 0 Å². The summed E-state index contributed by atoms with van der Waals surface area (Å²) in [4.78, 5) is 12.0. The summed E-state index contributed by atoms with van der Waals surface area (Å²) in [5.41, 5.74) is 1.65. The molecule has 0 N–H and O–H groups in total. The van der Waals surface area contributed by atoms with Gasteiger partial charge in [0.1, 0.15) is 0 Å². The second-order valence-electron chi connectivity index (χ2n) is 6.52. The molecule has 0 amide bonds. The van der Waals surface area contributed by atoms with Crippen molar-refractivity contribution in [2.45, 2.75) is 20.3 Å². The van der Waals surface area contributed by atoms with Gasteiger partial charge in [0.15, 0.2) is 0 Å². The summed E-state index contributed by atoms with van der Waals surface area (Å²) in [5, 5.41) is 7.52. The van der Waals surface area contributed by atoms with E-state index < -0.39 is 0 Å². The second-order valence-corrected chi connectivity index (χ2v) is 6.52. The van der Waals surface area contributed by atoms with Crippen molar-refractivity contribution < 1.29 is 9.53 Å². The van der Waals surface area contributed by atoms with Gasteiger partial charge in [0, 0.05) is 5.57 Å². The molecule has 124 valence electrons. The van der Waals surface area contributed by atoms with E-state index in [4.69, 9.17) is 4.74 Å². The molecule has 0 radical (unpaired) electrons. The summed E-state index contributed by atoms with van der Waals surface area (Å²) in [6, 6.07) is 19.3. The van der Waals surface area contributed by atoms with E-state index in [1.54, 1.807) is 0 Å². The van der Waals surface area contributed by atoms with Gasteiger partial charge in [-0.1, -0.05) is 49.4 Å². The minimum absolute atomic E-state index is 0.244. The number of esters is 1. The smallest absolute Gasteiger partial charge is 0.333 e. The molecule has 0 aliphatic heterocycles. The average Bonchev–Trinajstić information content (AvgIpc) is 2.64. The molecule has 0 atom stereocenters. The van der Waals surface area contributed by atoms with Gasteiger partial charge in [0.05, 0.1) is 6.61 Å². The molecule has 4 rings (SSSR count). The van der Waals surface area contributed by atoms with E-state index >= 15 is 0 Å². The van der Waals surface area contributed by atoms with Crippen LogP contribution in [0.15, 0.2) is 60.2 Å². The Balaban J connectivity index is 1.85. The number of hydrogen-bond donors (Lipinski definition) is 0. The van der Waals surface area contributed by atoms with E-state index in [2.05, 4.69) is 54.6 Å². The first kappa shape index (κ1) is 15.6. The van der Waals surface area contributed by atoms with Gasteiger partial charge in [-0.25, -0.2) is 4.79 Å². The molecule has 0 saturated carbocycles. The topological polar surface area (TPSA) is 26.3 Å². The summed E-state index contributed by atoms with van der Waals surface area (Å²) >= 11 is 0. The molecule has 0 saturated heterocycles. The lowest BCUT2D eigenvalue weighted by atomic mass is 9.92. The van der Waals surface area contributed by atoms with Crippen LogP contribution in [0.3, 0.4) is 0 Å². The summed E-state index contributed by atoms with van der Waals surface area (Å²) < 4.78 is 5.22. The van der Waals surface area contributed by atoms with Gasteiger partial charge in [-0.2, -0.15) is 0 Å². The molecular weight excluding hydrogens is 308 g/mol. The van der Waals surface area contributed by atoms with Gasteiger partial charge in [-0.05, 0) is 69.4 Å². The predicted molar refractivity (Wildman–Crippen MR) is 105 cm³/mol. The maximum Gasteiger partial charge on any atom is 0.333 e. The van der Waals surface area contributed by atoms with Gasteiger partial charge >= 0.3 is 5.97 Å². The summed E-state index contributed by atoms with van der Waals surface area (Å²) in [6.07, 6.45) is 2.74. The van der Waals surface area contributed by atoms with Crippen LogP contribution in [-0.2, 0) is 9.53 Å². The van der Waals surface area contributed by atoms with Gasteiger partial charge < -0.3 is 4.74 Å². The van der Waals surface area contributed by atoms with Crippen molar-refractivity contribution in [2.24, 2.45) is 0 Å². The van der Waals surface area contributed by atoms with Gasteiger partial charge in [0.2, 0.25) is 0 Å². The average molecular weight is 328 g/mol. The third-order valence-electron chi connectivity index (χ3n) is 4.63. The van der Waals surface area contributed by atoms with Crippen molar-refractivity contribution >= 4 is 44.4 Å². The Labute approximate surface area is 147 Å². The third kappa shape index (κ3) is 2.74. The quantitative estimate of drug-likeness (QED) is 0.263. The van der Waals surface area contributed by atoms with Crippen LogP contribution >= 0.6 is 0 Å². The van der Waals surface area contributed by atoms with Crippen molar-refractivity contribution in [2.75, 3.05) is 6.61 Å². The first-order valence-electron chi connectivity index (χ1n) is 8.70. The van der Waals surface area contributed by atoms with Crippen LogP contribution in [0.5, 0.6) is 0 Å². The summed E-state index contributed by atoms with van der Waals surface area (Å²) in [7, 11) is 0. The summed E-state index contributed by atoms with van der Waals surface area (Å²) in [6.45, 7) is 4.26. The van der Waals surface area contributed by atoms with Crippen LogP contribution in [0.1, 0.15) is 25.8 Å². The number of carbonyl (C=O) groups is 1. The van der Waals surface area contributed by atoms with E-state index in [9.17, 15) is 4.79 Å². The Kier molecular flexibility index (Phi) is 3.89. The summed E-state index contributed by atoms with van der Waals surface area (Å²) in [5.74, 6) is -0.244. The first-order chi connectivity index (χ1) is 12.2. The highest BCUT2D eigenvalue weighted by Crippen LogP contribution is 2.35. The Morgan fingerprint density at radius 3 is 2.08 bits per heavy atom. The Morgan fingerprint density at radius 2 is 1.48 bits per heavy atom. The van der Waals surface area contributed by atoms with Crippen molar-refractivity contribution in [3.63, 3.8) is 0 Å². The van der Waals surface area contributed by atoms with Gasteiger partial charge in [-0.3, -0.25) is 0 Å². The third-order valence-corrected chi connectivity index (χ3v) is 4.63. The van der Waals surface area contributed by atoms with E-state index in [0.29, 0.717) is 12.2 Å². The van der Waals surface area contributed by atoms with E-state index in [0.717, 1.165) is 12.0 Å². The molecule has 0 heterocycles. The lowest BCUT2D eigenvalue weighted by molar-refractivity contribution is -0.138. The largest absolute Gasteiger partial charge is 0.462 e. The number of ether oxygens (including phenoxy) is 1. The SMILES string of the molecule is CCCOC(=O)C(C)=Cc1cc2ccc3cccc4ccc(c1)c2c34. The minimum Gasteiger partial charge on any atom is -0.462 e. The van der Waals surface area contributed by atoms with Crippen molar-refractivity contribution in [1.82, 2.24) is 0 Å². The molecule has 4 aromatic carbocycles. The molecule has 0 fully saturated rings. The lowest BCUT2D eigenvalue weighted by Gasteiger charge is -2.11. The molecule has 2 heteroatoms. The molecule has 0 unspecified atom stereocenters. The lowest BCUT2D eigenvalue weighted by Crippen LogP contribution is -2.06. The van der Waals surface area contributed by atoms with Crippen LogP contribution in [-0.4, -0.2) is 12.6 Å². The van der Waals surface area contributed by atoms with Gasteiger partial charge in [-0.15, -0.1) is 0 Å². The number of carbonyl (C=O) groups excluding carboxylic acids is 1. The molecule has 4 aromatic rings. The first-order valence-corrected chi connectivity index (χ1v) is 8.70. The Morgan fingerprint density at radius 1 is 0.920 bits per heavy atom. The highest BCUT2D eigenvalue weighted by molar-refractivity contribution is 6.23. The molecule has 25 heavy (non-hydrogen) atoms. The molecule has 2 nitrogen and oxygen atoms in total.